The number of piperidine rings is 1. The molecule has 2 heterocycles. The summed E-state index contributed by atoms with van der Waals surface area (Å²) >= 11 is 0. The molecule has 0 aliphatic carbocycles. The lowest BCUT2D eigenvalue weighted by Gasteiger charge is -2.39. The van der Waals surface area contributed by atoms with E-state index in [2.05, 4.69) is 23.6 Å². The first-order valence-electron chi connectivity index (χ1n) is 8.79. The first kappa shape index (κ1) is 15.8. The van der Waals surface area contributed by atoms with Crippen LogP contribution in [0.4, 0.5) is 0 Å². The summed E-state index contributed by atoms with van der Waals surface area (Å²) in [6.07, 6.45) is 9.89. The molecule has 2 rings (SSSR count). The highest BCUT2D eigenvalue weighted by molar-refractivity contribution is 5.78. The topological polar surface area (TPSA) is 23.6 Å². The quantitative estimate of drug-likeness (QED) is 0.789. The summed E-state index contributed by atoms with van der Waals surface area (Å²) in [5, 5.41) is 0. The molecule has 0 aromatic heterocycles. The average molecular weight is 280 g/mol. The molecule has 0 radical (unpaired) electrons. The zero-order valence-electron chi connectivity index (χ0n) is 13.4. The predicted molar refractivity (Wildman–Crippen MR) is 83.7 cm³/mol. The Labute approximate surface area is 124 Å². The van der Waals surface area contributed by atoms with E-state index in [1.165, 1.54) is 51.6 Å². The zero-order chi connectivity index (χ0) is 14.4. The van der Waals surface area contributed by atoms with Crippen LogP contribution in [0.2, 0.25) is 0 Å². The Morgan fingerprint density at radius 3 is 2.00 bits per heavy atom. The van der Waals surface area contributed by atoms with E-state index in [1.807, 2.05) is 0 Å². The number of hydrogen-bond acceptors (Lipinski definition) is 2. The van der Waals surface area contributed by atoms with Crippen molar-refractivity contribution < 1.29 is 4.79 Å². The molecule has 116 valence electrons. The fourth-order valence-corrected chi connectivity index (χ4v) is 3.81. The van der Waals surface area contributed by atoms with Gasteiger partial charge in [0.15, 0.2) is 0 Å². The summed E-state index contributed by atoms with van der Waals surface area (Å²) in [5.41, 5.74) is 0. The number of nitrogens with zero attached hydrogens (tertiary/aromatic N) is 2. The van der Waals surface area contributed by atoms with Crippen molar-refractivity contribution >= 4 is 5.91 Å². The summed E-state index contributed by atoms with van der Waals surface area (Å²) in [7, 11) is 0. The lowest BCUT2D eigenvalue weighted by Crippen LogP contribution is -2.48. The van der Waals surface area contributed by atoms with Crippen LogP contribution in [0.25, 0.3) is 0 Å². The minimum Gasteiger partial charge on any atom is -0.342 e. The number of carbonyl (C=O) groups is 1. The summed E-state index contributed by atoms with van der Waals surface area (Å²) in [4.78, 5) is 17.2. The highest BCUT2D eigenvalue weighted by atomic mass is 16.2. The Morgan fingerprint density at radius 1 is 0.950 bits per heavy atom. The van der Waals surface area contributed by atoms with Gasteiger partial charge in [0.05, 0.1) is 0 Å². The monoisotopic (exact) mass is 280 g/mol. The standard InChI is InChI=1S/C17H32N2O/c1-3-15(4-2)17(20)19-13-9-16(10-14-19)18-11-7-5-6-8-12-18/h15-16H,3-14H2,1-2H3. The number of rotatable bonds is 4. The van der Waals surface area contributed by atoms with Crippen molar-refractivity contribution in [1.29, 1.82) is 0 Å². The number of carbonyl (C=O) groups excluding carboxylic acids is 1. The van der Waals surface area contributed by atoms with Gasteiger partial charge in [0, 0.05) is 25.0 Å². The van der Waals surface area contributed by atoms with Crippen LogP contribution in [0.15, 0.2) is 0 Å². The molecule has 3 heteroatoms. The Balaban J connectivity index is 1.80. The maximum absolute atomic E-state index is 12.4. The maximum Gasteiger partial charge on any atom is 0.225 e. The van der Waals surface area contributed by atoms with Gasteiger partial charge in [0.2, 0.25) is 5.91 Å². The van der Waals surface area contributed by atoms with Gasteiger partial charge in [-0.3, -0.25) is 4.79 Å². The molecule has 2 saturated heterocycles. The third-order valence-electron chi connectivity index (χ3n) is 5.27. The van der Waals surface area contributed by atoms with Crippen molar-refractivity contribution in [3.63, 3.8) is 0 Å². The molecular formula is C17H32N2O. The molecule has 2 aliphatic heterocycles. The molecule has 0 bridgehead atoms. The number of amides is 1. The average Bonchev–Trinajstić information content (AvgIpc) is 2.77. The van der Waals surface area contributed by atoms with E-state index in [4.69, 9.17) is 0 Å². The fraction of sp³-hybridized carbons (Fsp3) is 0.941. The van der Waals surface area contributed by atoms with E-state index in [0.717, 1.165) is 32.0 Å². The Kier molecular flexibility index (Phi) is 6.34. The van der Waals surface area contributed by atoms with Gasteiger partial charge >= 0.3 is 0 Å². The van der Waals surface area contributed by atoms with Crippen molar-refractivity contribution in [1.82, 2.24) is 9.80 Å². The van der Waals surface area contributed by atoms with Crippen molar-refractivity contribution in [2.75, 3.05) is 26.2 Å². The van der Waals surface area contributed by atoms with E-state index < -0.39 is 0 Å². The van der Waals surface area contributed by atoms with Crippen molar-refractivity contribution in [3.8, 4) is 0 Å². The summed E-state index contributed by atoms with van der Waals surface area (Å²) in [5.74, 6) is 0.661. The molecule has 1 amide bonds. The molecule has 2 aliphatic rings. The second-order valence-corrected chi connectivity index (χ2v) is 6.52. The second kappa shape index (κ2) is 8.02. The lowest BCUT2D eigenvalue weighted by atomic mass is 9.98. The minimum absolute atomic E-state index is 0.254. The van der Waals surface area contributed by atoms with Crippen LogP contribution in [-0.2, 0) is 4.79 Å². The van der Waals surface area contributed by atoms with E-state index in [-0.39, 0.29) is 5.92 Å². The van der Waals surface area contributed by atoms with Crippen LogP contribution < -0.4 is 0 Å². The van der Waals surface area contributed by atoms with E-state index in [1.54, 1.807) is 0 Å². The van der Waals surface area contributed by atoms with Crippen LogP contribution in [0, 0.1) is 5.92 Å². The SMILES string of the molecule is CCC(CC)C(=O)N1CCC(N2CCCCCC2)CC1. The van der Waals surface area contributed by atoms with Crippen molar-refractivity contribution in [2.45, 2.75) is 71.3 Å². The van der Waals surface area contributed by atoms with Gasteiger partial charge in [-0.2, -0.15) is 0 Å². The van der Waals surface area contributed by atoms with E-state index >= 15 is 0 Å². The van der Waals surface area contributed by atoms with Crippen LogP contribution in [0.1, 0.15) is 65.2 Å². The van der Waals surface area contributed by atoms with Crippen LogP contribution in [0.5, 0.6) is 0 Å². The highest BCUT2D eigenvalue weighted by Gasteiger charge is 2.29. The predicted octanol–water partition coefficient (Wildman–Crippen LogP) is 3.29. The Hall–Kier alpha value is -0.570. The third kappa shape index (κ3) is 3.97. The molecule has 0 saturated carbocycles. The summed E-state index contributed by atoms with van der Waals surface area (Å²) < 4.78 is 0. The smallest absolute Gasteiger partial charge is 0.225 e. The van der Waals surface area contributed by atoms with E-state index in [9.17, 15) is 4.79 Å². The molecule has 0 N–H and O–H groups in total. The van der Waals surface area contributed by atoms with Crippen LogP contribution in [0.3, 0.4) is 0 Å². The van der Waals surface area contributed by atoms with Gasteiger partial charge in [-0.05, 0) is 51.6 Å². The van der Waals surface area contributed by atoms with Crippen LogP contribution in [-0.4, -0.2) is 47.9 Å². The highest BCUT2D eigenvalue weighted by Crippen LogP contribution is 2.22. The summed E-state index contributed by atoms with van der Waals surface area (Å²) in [6, 6.07) is 0.735. The van der Waals surface area contributed by atoms with Gasteiger partial charge < -0.3 is 9.80 Å². The number of hydrogen-bond donors (Lipinski definition) is 0. The normalized spacial score (nSPS) is 23.1. The molecule has 20 heavy (non-hydrogen) atoms. The fourth-order valence-electron chi connectivity index (χ4n) is 3.81. The Bertz CT molecular complexity index is 285. The first-order valence-corrected chi connectivity index (χ1v) is 8.79. The van der Waals surface area contributed by atoms with Crippen molar-refractivity contribution in [3.05, 3.63) is 0 Å². The maximum atomic E-state index is 12.4. The largest absolute Gasteiger partial charge is 0.342 e. The molecular weight excluding hydrogens is 248 g/mol. The zero-order valence-corrected chi connectivity index (χ0v) is 13.4. The molecule has 0 unspecified atom stereocenters. The minimum atomic E-state index is 0.254. The van der Waals surface area contributed by atoms with Crippen molar-refractivity contribution in [2.24, 2.45) is 5.92 Å². The Morgan fingerprint density at radius 2 is 1.50 bits per heavy atom. The summed E-state index contributed by atoms with van der Waals surface area (Å²) in [6.45, 7) is 8.80. The number of likely N-dealkylation sites (tertiary alicyclic amines) is 2. The van der Waals surface area contributed by atoms with Gasteiger partial charge in [0.25, 0.3) is 0 Å². The first-order chi connectivity index (χ1) is 9.76. The van der Waals surface area contributed by atoms with E-state index in [0.29, 0.717) is 5.91 Å². The molecule has 2 fully saturated rings. The molecule has 0 aromatic rings. The molecule has 0 aromatic carbocycles. The van der Waals surface area contributed by atoms with Gasteiger partial charge in [-0.25, -0.2) is 0 Å². The van der Waals surface area contributed by atoms with Crippen LogP contribution >= 0.6 is 0 Å². The lowest BCUT2D eigenvalue weighted by molar-refractivity contribution is -0.137. The molecule has 0 spiro atoms. The molecule has 0 atom stereocenters. The van der Waals surface area contributed by atoms with Gasteiger partial charge in [-0.1, -0.05) is 26.7 Å². The van der Waals surface area contributed by atoms with Gasteiger partial charge in [0.1, 0.15) is 0 Å². The van der Waals surface area contributed by atoms with Gasteiger partial charge in [-0.15, -0.1) is 0 Å². The third-order valence-corrected chi connectivity index (χ3v) is 5.27. The second-order valence-electron chi connectivity index (χ2n) is 6.52. The molecule has 3 nitrogen and oxygen atoms in total.